The predicted molar refractivity (Wildman–Crippen MR) is 39.7 cm³/mol. The van der Waals surface area contributed by atoms with Crippen LogP contribution in [0.1, 0.15) is 19.3 Å². The lowest BCUT2D eigenvalue weighted by Crippen LogP contribution is -2.45. The van der Waals surface area contributed by atoms with Gasteiger partial charge in [0.1, 0.15) is 0 Å². The van der Waals surface area contributed by atoms with E-state index in [1.165, 1.54) is 25.9 Å². The second-order valence-corrected chi connectivity index (χ2v) is 3.73. The Morgan fingerprint density at radius 1 is 1.50 bits per heavy atom. The number of rotatable bonds is 3. The topological polar surface area (TPSA) is 32.3 Å². The SMILES string of the molecule is OCCCC1CC12CNC2. The maximum atomic E-state index is 8.59. The van der Waals surface area contributed by atoms with Crippen molar-refractivity contribution < 1.29 is 5.11 Å². The number of aliphatic hydroxyl groups excluding tert-OH is 1. The minimum atomic E-state index is 0.375. The first-order valence-corrected chi connectivity index (χ1v) is 4.19. The lowest BCUT2D eigenvalue weighted by Gasteiger charge is -2.28. The zero-order valence-corrected chi connectivity index (χ0v) is 6.27. The van der Waals surface area contributed by atoms with Gasteiger partial charge in [0.2, 0.25) is 0 Å². The van der Waals surface area contributed by atoms with Gasteiger partial charge in [-0.3, -0.25) is 0 Å². The van der Waals surface area contributed by atoms with E-state index in [2.05, 4.69) is 5.32 Å². The van der Waals surface area contributed by atoms with Gasteiger partial charge in [0, 0.05) is 19.7 Å². The molecule has 2 N–H and O–H groups in total. The molecule has 0 amide bonds. The van der Waals surface area contributed by atoms with Crippen LogP contribution in [0.5, 0.6) is 0 Å². The molecule has 0 bridgehead atoms. The van der Waals surface area contributed by atoms with Crippen molar-refractivity contribution in [2.75, 3.05) is 19.7 Å². The second-order valence-electron chi connectivity index (χ2n) is 3.73. The molecule has 1 heterocycles. The molecule has 0 radical (unpaired) electrons. The highest BCUT2D eigenvalue weighted by molar-refractivity contribution is 5.10. The quantitative estimate of drug-likeness (QED) is 0.595. The third kappa shape index (κ3) is 0.867. The molecule has 2 heteroatoms. The first-order valence-electron chi connectivity index (χ1n) is 4.19. The Bertz CT molecular complexity index is 131. The molecule has 1 aliphatic heterocycles. The first kappa shape index (κ1) is 6.62. The molecule has 0 aromatic heterocycles. The van der Waals surface area contributed by atoms with E-state index >= 15 is 0 Å². The smallest absolute Gasteiger partial charge is 0.0431 e. The summed E-state index contributed by atoms with van der Waals surface area (Å²) in [5.74, 6) is 0.945. The lowest BCUT2D eigenvalue weighted by molar-refractivity contribution is 0.255. The van der Waals surface area contributed by atoms with E-state index < -0.39 is 0 Å². The molecule has 1 aliphatic carbocycles. The molecular weight excluding hydrogens is 126 g/mol. The Kier molecular flexibility index (Phi) is 1.46. The molecule has 2 rings (SSSR count). The van der Waals surface area contributed by atoms with Crippen LogP contribution >= 0.6 is 0 Å². The summed E-state index contributed by atoms with van der Waals surface area (Å²) >= 11 is 0. The molecule has 0 aromatic rings. The van der Waals surface area contributed by atoms with Crippen molar-refractivity contribution in [1.29, 1.82) is 0 Å². The van der Waals surface area contributed by atoms with E-state index in [4.69, 9.17) is 5.11 Å². The molecule has 2 fully saturated rings. The molecule has 1 saturated carbocycles. The summed E-state index contributed by atoms with van der Waals surface area (Å²) in [4.78, 5) is 0. The average Bonchev–Trinajstić information content (AvgIpc) is 2.56. The van der Waals surface area contributed by atoms with Crippen molar-refractivity contribution >= 4 is 0 Å². The molecule has 58 valence electrons. The molecule has 1 unspecified atom stereocenters. The van der Waals surface area contributed by atoms with Crippen LogP contribution in [-0.2, 0) is 0 Å². The van der Waals surface area contributed by atoms with Crippen LogP contribution in [0.15, 0.2) is 0 Å². The summed E-state index contributed by atoms with van der Waals surface area (Å²) in [6, 6.07) is 0. The van der Waals surface area contributed by atoms with Crippen molar-refractivity contribution in [3.05, 3.63) is 0 Å². The van der Waals surface area contributed by atoms with Gasteiger partial charge >= 0.3 is 0 Å². The number of hydrogen-bond acceptors (Lipinski definition) is 2. The summed E-state index contributed by atoms with van der Waals surface area (Å²) in [5, 5.41) is 11.9. The van der Waals surface area contributed by atoms with E-state index in [0.717, 1.165) is 17.8 Å². The minimum Gasteiger partial charge on any atom is -0.396 e. The van der Waals surface area contributed by atoms with Crippen LogP contribution in [-0.4, -0.2) is 24.8 Å². The Labute approximate surface area is 61.6 Å². The minimum absolute atomic E-state index is 0.375. The Hall–Kier alpha value is -0.0800. The van der Waals surface area contributed by atoms with Crippen molar-refractivity contribution in [3.63, 3.8) is 0 Å². The third-order valence-corrected chi connectivity index (χ3v) is 3.02. The van der Waals surface area contributed by atoms with Gasteiger partial charge in [-0.1, -0.05) is 0 Å². The van der Waals surface area contributed by atoms with Crippen LogP contribution in [0.2, 0.25) is 0 Å². The summed E-state index contributed by atoms with van der Waals surface area (Å²) < 4.78 is 0. The first-order chi connectivity index (χ1) is 4.87. The monoisotopic (exact) mass is 141 g/mol. The van der Waals surface area contributed by atoms with Gasteiger partial charge in [-0.15, -0.1) is 0 Å². The maximum absolute atomic E-state index is 8.59. The van der Waals surface area contributed by atoms with Crippen LogP contribution in [0.4, 0.5) is 0 Å². The summed E-state index contributed by atoms with van der Waals surface area (Å²) in [7, 11) is 0. The van der Waals surface area contributed by atoms with Crippen molar-refractivity contribution in [2.45, 2.75) is 19.3 Å². The van der Waals surface area contributed by atoms with Gasteiger partial charge in [-0.25, -0.2) is 0 Å². The number of hydrogen-bond donors (Lipinski definition) is 2. The van der Waals surface area contributed by atoms with E-state index in [-0.39, 0.29) is 0 Å². The Morgan fingerprint density at radius 3 is 2.70 bits per heavy atom. The number of aliphatic hydroxyl groups is 1. The van der Waals surface area contributed by atoms with Crippen LogP contribution in [0.3, 0.4) is 0 Å². The van der Waals surface area contributed by atoms with Gasteiger partial charge in [-0.2, -0.15) is 0 Å². The van der Waals surface area contributed by atoms with Gasteiger partial charge in [0.05, 0.1) is 0 Å². The standard InChI is InChI=1S/C8H15NO/c10-3-1-2-7-4-8(7)5-9-6-8/h7,9-10H,1-6H2. The van der Waals surface area contributed by atoms with Crippen LogP contribution in [0, 0.1) is 11.3 Å². The fraction of sp³-hybridized carbons (Fsp3) is 1.00. The maximum Gasteiger partial charge on any atom is 0.0431 e. The molecule has 10 heavy (non-hydrogen) atoms. The summed E-state index contributed by atoms with van der Waals surface area (Å²) in [5.41, 5.74) is 0.717. The van der Waals surface area contributed by atoms with E-state index in [1.807, 2.05) is 0 Å². The molecule has 1 spiro atoms. The molecule has 1 saturated heterocycles. The van der Waals surface area contributed by atoms with Gasteiger partial charge in [0.25, 0.3) is 0 Å². The molecule has 1 atom stereocenters. The Morgan fingerprint density at radius 2 is 2.30 bits per heavy atom. The third-order valence-electron chi connectivity index (χ3n) is 3.02. The summed E-state index contributed by atoms with van der Waals surface area (Å²) in [6.45, 7) is 2.85. The molecule has 0 aromatic carbocycles. The molecule has 2 nitrogen and oxygen atoms in total. The van der Waals surface area contributed by atoms with Crippen molar-refractivity contribution in [1.82, 2.24) is 5.32 Å². The van der Waals surface area contributed by atoms with E-state index in [1.54, 1.807) is 0 Å². The normalized spacial score (nSPS) is 33.9. The van der Waals surface area contributed by atoms with E-state index in [9.17, 15) is 0 Å². The highest BCUT2D eigenvalue weighted by Crippen LogP contribution is 2.57. The van der Waals surface area contributed by atoms with Crippen molar-refractivity contribution in [2.24, 2.45) is 11.3 Å². The zero-order valence-electron chi connectivity index (χ0n) is 6.27. The fourth-order valence-electron chi connectivity index (χ4n) is 2.06. The lowest BCUT2D eigenvalue weighted by atomic mass is 9.95. The second kappa shape index (κ2) is 2.21. The zero-order chi connectivity index (χ0) is 7.03. The van der Waals surface area contributed by atoms with Gasteiger partial charge < -0.3 is 10.4 Å². The predicted octanol–water partition coefficient (Wildman–Crippen LogP) is 0.368. The fourth-order valence-corrected chi connectivity index (χ4v) is 2.06. The molecule has 2 aliphatic rings. The largest absolute Gasteiger partial charge is 0.396 e. The number of nitrogens with one attached hydrogen (secondary N) is 1. The highest BCUT2D eigenvalue weighted by atomic mass is 16.2. The average molecular weight is 141 g/mol. The Balaban J connectivity index is 1.69. The van der Waals surface area contributed by atoms with Crippen LogP contribution in [0.25, 0.3) is 0 Å². The highest BCUT2D eigenvalue weighted by Gasteiger charge is 2.56. The van der Waals surface area contributed by atoms with Gasteiger partial charge in [0.15, 0.2) is 0 Å². The van der Waals surface area contributed by atoms with Gasteiger partial charge in [-0.05, 0) is 30.6 Å². The van der Waals surface area contributed by atoms with Crippen LogP contribution < -0.4 is 5.32 Å². The molecular formula is C8H15NO. The summed E-state index contributed by atoms with van der Waals surface area (Å²) in [6.07, 6.45) is 3.67. The van der Waals surface area contributed by atoms with Crippen molar-refractivity contribution in [3.8, 4) is 0 Å². The van der Waals surface area contributed by atoms with E-state index in [0.29, 0.717) is 6.61 Å².